The van der Waals surface area contributed by atoms with Gasteiger partial charge in [-0.1, -0.05) is 0 Å². The van der Waals surface area contributed by atoms with Crippen molar-refractivity contribution < 1.29 is 4.79 Å². The van der Waals surface area contributed by atoms with Crippen LogP contribution in [0, 0.1) is 5.41 Å². The maximum Gasteiger partial charge on any atom is 0.216 e. The largest absolute Gasteiger partial charge is 0.369 e. The van der Waals surface area contributed by atoms with Gasteiger partial charge >= 0.3 is 0 Å². The van der Waals surface area contributed by atoms with Crippen LogP contribution in [0.3, 0.4) is 0 Å². The standard InChI is InChI=1S/C6H15N5O/c1-5(12)10-3-2-4-11(9)6(7)8/h2-4,9H2,1H3,(H3,7,8)(H,10,12). The van der Waals surface area contributed by atoms with Crippen molar-refractivity contribution in [2.75, 3.05) is 13.1 Å². The zero-order valence-corrected chi connectivity index (χ0v) is 7.13. The first kappa shape index (κ1) is 10.7. The Kier molecular flexibility index (Phi) is 4.78. The highest BCUT2D eigenvalue weighted by Crippen LogP contribution is 1.80. The molecule has 0 rings (SSSR count). The van der Waals surface area contributed by atoms with Crippen LogP contribution in [0.15, 0.2) is 0 Å². The van der Waals surface area contributed by atoms with Crippen LogP contribution in [0.2, 0.25) is 0 Å². The number of carbonyl (C=O) groups is 1. The number of hydrogen-bond donors (Lipinski definition) is 4. The van der Waals surface area contributed by atoms with E-state index < -0.39 is 0 Å². The summed E-state index contributed by atoms with van der Waals surface area (Å²) >= 11 is 0. The van der Waals surface area contributed by atoms with Gasteiger partial charge < -0.3 is 11.1 Å². The molecule has 0 aromatic heterocycles. The van der Waals surface area contributed by atoms with Crippen LogP contribution in [-0.2, 0) is 4.79 Å². The van der Waals surface area contributed by atoms with Crippen molar-refractivity contribution in [3.8, 4) is 0 Å². The predicted octanol–water partition coefficient (Wildman–Crippen LogP) is -1.42. The van der Waals surface area contributed by atoms with Gasteiger partial charge in [-0.05, 0) is 6.42 Å². The minimum atomic E-state index is -0.169. The van der Waals surface area contributed by atoms with Crippen molar-refractivity contribution >= 4 is 11.9 Å². The topological polar surface area (TPSA) is 108 Å². The third kappa shape index (κ3) is 5.48. The number of nitrogens with two attached hydrogens (primary N) is 2. The van der Waals surface area contributed by atoms with E-state index in [-0.39, 0.29) is 11.9 Å². The van der Waals surface area contributed by atoms with E-state index in [4.69, 9.17) is 17.0 Å². The quantitative estimate of drug-likeness (QED) is 0.137. The molecular formula is C6H15N5O. The smallest absolute Gasteiger partial charge is 0.216 e. The van der Waals surface area contributed by atoms with Gasteiger partial charge in [0, 0.05) is 20.0 Å². The van der Waals surface area contributed by atoms with Gasteiger partial charge in [-0.25, -0.2) is 5.84 Å². The molecule has 0 aromatic carbocycles. The van der Waals surface area contributed by atoms with Gasteiger partial charge in [0.1, 0.15) is 0 Å². The Morgan fingerprint density at radius 2 is 2.25 bits per heavy atom. The molecule has 0 radical (unpaired) electrons. The molecule has 6 N–H and O–H groups in total. The molecule has 70 valence electrons. The lowest BCUT2D eigenvalue weighted by atomic mass is 10.4. The van der Waals surface area contributed by atoms with Crippen LogP contribution >= 0.6 is 0 Å². The Morgan fingerprint density at radius 3 is 2.67 bits per heavy atom. The van der Waals surface area contributed by atoms with Crippen molar-refractivity contribution in [2.24, 2.45) is 11.6 Å². The maximum atomic E-state index is 10.4. The third-order valence-corrected chi connectivity index (χ3v) is 1.26. The predicted molar refractivity (Wildman–Crippen MR) is 46.1 cm³/mol. The summed E-state index contributed by atoms with van der Waals surface area (Å²) in [6, 6.07) is 0. The Hall–Kier alpha value is -1.30. The number of hydrogen-bond acceptors (Lipinski definition) is 3. The summed E-state index contributed by atoms with van der Waals surface area (Å²) in [5, 5.41) is 10.6. The summed E-state index contributed by atoms with van der Waals surface area (Å²) in [5.74, 6) is 5.07. The zero-order valence-electron chi connectivity index (χ0n) is 7.13. The van der Waals surface area contributed by atoms with E-state index in [1.54, 1.807) is 0 Å². The van der Waals surface area contributed by atoms with Gasteiger partial charge in [-0.15, -0.1) is 0 Å². The zero-order chi connectivity index (χ0) is 9.56. The summed E-state index contributed by atoms with van der Waals surface area (Å²) in [6.45, 7) is 2.47. The first-order valence-corrected chi connectivity index (χ1v) is 3.64. The highest BCUT2D eigenvalue weighted by atomic mass is 16.1. The van der Waals surface area contributed by atoms with E-state index in [1.807, 2.05) is 0 Å². The second-order valence-corrected chi connectivity index (χ2v) is 2.42. The fourth-order valence-electron chi connectivity index (χ4n) is 0.634. The van der Waals surface area contributed by atoms with Crippen molar-refractivity contribution in [2.45, 2.75) is 13.3 Å². The SMILES string of the molecule is CC(=O)NCCCN(N)C(=N)N. The molecule has 0 aliphatic rings. The Bertz CT molecular complexity index is 169. The maximum absolute atomic E-state index is 10.4. The summed E-state index contributed by atoms with van der Waals surface area (Å²) in [6.07, 6.45) is 0.676. The van der Waals surface area contributed by atoms with E-state index in [9.17, 15) is 4.79 Å². The van der Waals surface area contributed by atoms with Gasteiger partial charge in [0.25, 0.3) is 0 Å². The number of nitrogens with one attached hydrogen (secondary N) is 2. The van der Waals surface area contributed by atoms with Crippen LogP contribution in [0.25, 0.3) is 0 Å². The summed E-state index contributed by atoms with van der Waals surface area (Å²) in [4.78, 5) is 10.4. The van der Waals surface area contributed by atoms with Gasteiger partial charge in [0.15, 0.2) is 0 Å². The van der Waals surface area contributed by atoms with E-state index in [1.165, 1.54) is 6.92 Å². The molecule has 0 aliphatic heterocycles. The Morgan fingerprint density at radius 1 is 1.67 bits per heavy atom. The van der Waals surface area contributed by atoms with E-state index >= 15 is 0 Å². The third-order valence-electron chi connectivity index (χ3n) is 1.26. The van der Waals surface area contributed by atoms with Crippen LogP contribution in [0.5, 0.6) is 0 Å². The molecular weight excluding hydrogens is 158 g/mol. The summed E-state index contributed by atoms with van der Waals surface area (Å²) in [7, 11) is 0. The Balaban J connectivity index is 3.31. The van der Waals surface area contributed by atoms with Crippen LogP contribution in [-0.4, -0.2) is 30.0 Å². The van der Waals surface area contributed by atoms with Crippen LogP contribution < -0.4 is 16.9 Å². The number of amides is 1. The monoisotopic (exact) mass is 173 g/mol. The fraction of sp³-hybridized carbons (Fsp3) is 0.667. The first-order valence-electron chi connectivity index (χ1n) is 3.64. The Labute approximate surface area is 71.4 Å². The van der Waals surface area contributed by atoms with Crippen LogP contribution in [0.1, 0.15) is 13.3 Å². The minimum Gasteiger partial charge on any atom is -0.369 e. The van der Waals surface area contributed by atoms with Gasteiger partial charge in [0.05, 0.1) is 0 Å². The van der Waals surface area contributed by atoms with Crippen molar-refractivity contribution in [1.82, 2.24) is 10.3 Å². The molecule has 0 heterocycles. The average molecular weight is 173 g/mol. The normalized spacial score (nSPS) is 9.17. The molecule has 0 spiro atoms. The number of guanidine groups is 1. The van der Waals surface area contributed by atoms with Gasteiger partial charge in [-0.3, -0.25) is 15.2 Å². The molecule has 0 aliphatic carbocycles. The number of hydrazine groups is 1. The first-order chi connectivity index (χ1) is 5.54. The lowest BCUT2D eigenvalue weighted by Crippen LogP contribution is -2.43. The summed E-state index contributed by atoms with van der Waals surface area (Å²) < 4.78 is 0. The van der Waals surface area contributed by atoms with E-state index in [0.29, 0.717) is 19.5 Å². The highest BCUT2D eigenvalue weighted by Gasteiger charge is 1.98. The molecule has 12 heavy (non-hydrogen) atoms. The number of nitrogens with zero attached hydrogens (tertiary/aromatic N) is 1. The molecule has 0 saturated carbocycles. The molecule has 0 aromatic rings. The summed E-state index contributed by atoms with van der Waals surface area (Å²) in [5.41, 5.74) is 5.07. The van der Waals surface area contributed by atoms with Gasteiger partial charge in [-0.2, -0.15) is 0 Å². The van der Waals surface area contributed by atoms with Crippen molar-refractivity contribution in [3.05, 3.63) is 0 Å². The molecule has 6 nitrogen and oxygen atoms in total. The lowest BCUT2D eigenvalue weighted by molar-refractivity contribution is -0.118. The molecule has 6 heteroatoms. The van der Waals surface area contributed by atoms with Crippen molar-refractivity contribution in [3.63, 3.8) is 0 Å². The molecule has 0 bridgehead atoms. The molecule has 0 atom stereocenters. The van der Waals surface area contributed by atoms with E-state index in [2.05, 4.69) is 5.32 Å². The second kappa shape index (κ2) is 5.36. The molecule has 1 amide bonds. The van der Waals surface area contributed by atoms with Gasteiger partial charge in [0.2, 0.25) is 11.9 Å². The van der Waals surface area contributed by atoms with Crippen molar-refractivity contribution in [1.29, 1.82) is 5.41 Å². The second-order valence-electron chi connectivity index (χ2n) is 2.42. The van der Waals surface area contributed by atoms with Crippen LogP contribution in [0.4, 0.5) is 0 Å². The average Bonchev–Trinajstić information content (AvgIpc) is 1.97. The number of carbonyl (C=O) groups excluding carboxylic acids is 1. The minimum absolute atomic E-state index is 0.0682. The van der Waals surface area contributed by atoms with E-state index in [0.717, 1.165) is 5.01 Å². The molecule has 0 fully saturated rings. The highest BCUT2D eigenvalue weighted by molar-refractivity contribution is 5.74. The molecule has 0 saturated heterocycles. The fourth-order valence-corrected chi connectivity index (χ4v) is 0.634. The lowest BCUT2D eigenvalue weighted by Gasteiger charge is -2.15. The number of rotatable bonds is 4. The molecule has 0 unspecified atom stereocenters.